The van der Waals surface area contributed by atoms with Crippen molar-refractivity contribution in [1.82, 2.24) is 0 Å². The van der Waals surface area contributed by atoms with Crippen LogP contribution in [-0.4, -0.2) is 9.76 Å². The van der Waals surface area contributed by atoms with E-state index in [1.54, 1.807) is 18.2 Å². The van der Waals surface area contributed by atoms with Crippen LogP contribution >= 0.6 is 15.9 Å². The predicted octanol–water partition coefficient (Wildman–Crippen LogP) is 2.16. The Kier molecular flexibility index (Phi) is 2.96. The third kappa shape index (κ3) is 2.24. The van der Waals surface area contributed by atoms with Crippen LogP contribution in [0.25, 0.3) is 0 Å². The minimum absolute atomic E-state index is 0.648. The Bertz CT molecular complexity index is 300. The molecule has 1 N–H and O–H groups in total. The topological polar surface area (TPSA) is 40.9 Å². The smallest absolute Gasteiger partial charge is 0.0955 e. The molecule has 4 heteroatoms. The molecule has 1 rings (SSSR count). The van der Waals surface area contributed by atoms with Crippen LogP contribution in [0.5, 0.6) is 0 Å². The Hall–Kier alpha value is -0.480. The summed E-state index contributed by atoms with van der Waals surface area (Å²) in [7, 11) is -1.29. The maximum atomic E-state index is 11.0. The number of nitrogens with one attached hydrogen (secondary N) is 1. The fourth-order valence-corrected chi connectivity index (χ4v) is 1.80. The summed E-state index contributed by atoms with van der Waals surface area (Å²) in [4.78, 5) is 0.648. The van der Waals surface area contributed by atoms with E-state index in [-0.39, 0.29) is 0 Å². The van der Waals surface area contributed by atoms with Crippen molar-refractivity contribution in [3.8, 4) is 0 Å². The molecule has 11 heavy (non-hydrogen) atoms. The predicted molar refractivity (Wildman–Crippen MR) is 49.3 cm³/mol. The summed E-state index contributed by atoms with van der Waals surface area (Å²) in [5, 5.41) is 6.78. The largest absolute Gasteiger partial charge is 0.299 e. The maximum Gasteiger partial charge on any atom is 0.0955 e. The Balaban J connectivity index is 3.05. The molecule has 2 nitrogen and oxygen atoms in total. The molecule has 0 aliphatic rings. The highest BCUT2D eigenvalue weighted by molar-refractivity contribution is 9.10. The number of halogens is 1. The monoisotopic (exact) mass is 231 g/mol. The van der Waals surface area contributed by atoms with Crippen LogP contribution in [0.3, 0.4) is 0 Å². The molecule has 0 spiro atoms. The molecule has 0 aliphatic heterocycles. The number of hydrogen-bond acceptors (Lipinski definition) is 2. The lowest BCUT2D eigenvalue weighted by atomic mass is 10.4. The van der Waals surface area contributed by atoms with E-state index < -0.39 is 10.8 Å². The summed E-state index contributed by atoms with van der Waals surface area (Å²) in [6.07, 6.45) is 0. The van der Waals surface area contributed by atoms with Crippen molar-refractivity contribution in [1.29, 1.82) is 5.41 Å². The Morgan fingerprint density at radius 3 is 2.82 bits per heavy atom. The van der Waals surface area contributed by atoms with E-state index >= 15 is 0 Å². The lowest BCUT2D eigenvalue weighted by molar-refractivity contribution is 0.690. The molecule has 0 bridgehead atoms. The highest BCUT2D eigenvalue weighted by Gasteiger charge is 1.98. The van der Waals surface area contributed by atoms with Gasteiger partial charge in [-0.1, -0.05) is 22.0 Å². The molecule has 0 aromatic heterocycles. The van der Waals surface area contributed by atoms with E-state index in [2.05, 4.69) is 15.9 Å². The first-order valence-corrected chi connectivity index (χ1v) is 4.91. The molecule has 0 aliphatic carbocycles. The molecule has 58 valence electrons. The fraction of sp³-hybridized carbons (Fsp3) is 0. The van der Waals surface area contributed by atoms with E-state index in [9.17, 15) is 4.21 Å². The molecule has 1 unspecified atom stereocenters. The lowest BCUT2D eigenvalue weighted by Gasteiger charge is -1.94. The summed E-state index contributed by atoms with van der Waals surface area (Å²) < 4.78 is 11.9. The molecular formula is C7H6BrNOS. The molecule has 0 heterocycles. The van der Waals surface area contributed by atoms with Gasteiger partial charge in [0.1, 0.15) is 0 Å². The van der Waals surface area contributed by atoms with Gasteiger partial charge < -0.3 is 0 Å². The fourth-order valence-electron chi connectivity index (χ4n) is 0.660. The van der Waals surface area contributed by atoms with Crippen LogP contribution in [-0.2, 0) is 10.8 Å². The Morgan fingerprint density at radius 1 is 1.55 bits per heavy atom. The van der Waals surface area contributed by atoms with Gasteiger partial charge >= 0.3 is 0 Å². The maximum absolute atomic E-state index is 11.0. The Labute approximate surface area is 75.7 Å². The summed E-state index contributed by atoms with van der Waals surface area (Å²) in [5.74, 6) is 0. The van der Waals surface area contributed by atoms with Crippen molar-refractivity contribution < 1.29 is 4.21 Å². The molecule has 1 atom stereocenters. The van der Waals surface area contributed by atoms with Gasteiger partial charge in [0, 0.05) is 9.37 Å². The van der Waals surface area contributed by atoms with E-state index in [1.165, 1.54) is 0 Å². The number of hydrogen-bond donors (Lipinski definition) is 1. The van der Waals surface area contributed by atoms with E-state index in [4.69, 9.17) is 5.41 Å². The zero-order valence-corrected chi connectivity index (χ0v) is 7.98. The van der Waals surface area contributed by atoms with Gasteiger partial charge in [-0.2, -0.15) is 0 Å². The van der Waals surface area contributed by atoms with Gasteiger partial charge in [0.15, 0.2) is 0 Å². The third-order valence-corrected chi connectivity index (χ3v) is 2.56. The van der Waals surface area contributed by atoms with Crippen molar-refractivity contribution in [3.05, 3.63) is 28.7 Å². The van der Waals surface area contributed by atoms with E-state index in [0.29, 0.717) is 4.90 Å². The molecule has 0 amide bonds. The van der Waals surface area contributed by atoms with Gasteiger partial charge in [-0.25, -0.2) is 4.21 Å². The molecule has 1 aromatic carbocycles. The van der Waals surface area contributed by atoms with Crippen LogP contribution in [0.2, 0.25) is 0 Å². The summed E-state index contributed by atoms with van der Waals surface area (Å²) >= 11 is 3.25. The van der Waals surface area contributed by atoms with Crippen molar-refractivity contribution in [2.24, 2.45) is 0 Å². The standard InChI is InChI=1S/C7H6BrNOS/c8-6-2-1-3-7(4-6)11(10)5-9/h1-5,9H. The van der Waals surface area contributed by atoms with Gasteiger partial charge in [-0.3, -0.25) is 5.41 Å². The minimum atomic E-state index is -1.29. The van der Waals surface area contributed by atoms with Crippen LogP contribution < -0.4 is 0 Å². The first kappa shape index (κ1) is 8.62. The molecule has 1 aromatic rings. The lowest BCUT2D eigenvalue weighted by Crippen LogP contribution is -1.89. The zero-order valence-electron chi connectivity index (χ0n) is 5.58. The quantitative estimate of drug-likeness (QED) is 0.616. The molecular weight excluding hydrogens is 226 g/mol. The van der Waals surface area contributed by atoms with E-state index in [0.717, 1.165) is 10.0 Å². The second-order valence-corrected chi connectivity index (χ2v) is 4.09. The molecule has 0 fully saturated rings. The van der Waals surface area contributed by atoms with Gasteiger partial charge in [0.05, 0.1) is 16.3 Å². The highest BCUT2D eigenvalue weighted by atomic mass is 79.9. The first-order valence-electron chi connectivity index (χ1n) is 2.91. The van der Waals surface area contributed by atoms with Gasteiger partial charge in [-0.05, 0) is 18.2 Å². The van der Waals surface area contributed by atoms with Crippen LogP contribution in [0.15, 0.2) is 33.6 Å². The Morgan fingerprint density at radius 2 is 2.27 bits per heavy atom. The first-order chi connectivity index (χ1) is 5.24. The minimum Gasteiger partial charge on any atom is -0.299 e. The molecule has 0 saturated heterocycles. The van der Waals surface area contributed by atoms with Crippen molar-refractivity contribution in [2.45, 2.75) is 4.90 Å². The van der Waals surface area contributed by atoms with E-state index in [1.807, 2.05) is 6.07 Å². The number of benzene rings is 1. The summed E-state index contributed by atoms with van der Waals surface area (Å²) in [5.41, 5.74) is 0.918. The number of rotatable bonds is 2. The highest BCUT2D eigenvalue weighted by Crippen LogP contribution is 2.13. The summed E-state index contributed by atoms with van der Waals surface area (Å²) in [6.45, 7) is 0. The van der Waals surface area contributed by atoms with Crippen molar-refractivity contribution >= 4 is 32.3 Å². The van der Waals surface area contributed by atoms with Gasteiger partial charge in [0.2, 0.25) is 0 Å². The molecule has 0 radical (unpaired) electrons. The zero-order chi connectivity index (χ0) is 8.27. The normalized spacial score (nSPS) is 12.5. The summed E-state index contributed by atoms with van der Waals surface area (Å²) in [6, 6.07) is 7.11. The second-order valence-electron chi connectivity index (χ2n) is 1.87. The van der Waals surface area contributed by atoms with Crippen LogP contribution in [0.1, 0.15) is 0 Å². The third-order valence-electron chi connectivity index (χ3n) is 1.14. The van der Waals surface area contributed by atoms with Crippen molar-refractivity contribution in [2.75, 3.05) is 0 Å². The van der Waals surface area contributed by atoms with Crippen LogP contribution in [0.4, 0.5) is 0 Å². The molecule has 0 saturated carbocycles. The van der Waals surface area contributed by atoms with Crippen LogP contribution in [0, 0.1) is 5.41 Å². The van der Waals surface area contributed by atoms with Gasteiger partial charge in [-0.15, -0.1) is 0 Å². The van der Waals surface area contributed by atoms with Gasteiger partial charge in [0.25, 0.3) is 0 Å². The SMILES string of the molecule is N=CS(=O)c1cccc(Br)c1. The van der Waals surface area contributed by atoms with Crippen molar-refractivity contribution in [3.63, 3.8) is 0 Å². The average Bonchev–Trinajstić information content (AvgIpc) is 2.03. The second kappa shape index (κ2) is 3.78. The average molecular weight is 232 g/mol.